The van der Waals surface area contributed by atoms with Gasteiger partial charge in [-0.05, 0) is 0 Å². The Morgan fingerprint density at radius 1 is 1.50 bits per heavy atom. The highest BCUT2D eigenvalue weighted by Gasteiger charge is 1.56. The van der Waals surface area contributed by atoms with Crippen molar-refractivity contribution in [3.63, 3.8) is 0 Å². The molecule has 3 heteroatoms. The summed E-state index contributed by atoms with van der Waals surface area (Å²) in [7, 11) is 0. The van der Waals surface area contributed by atoms with Crippen LogP contribution >= 0.6 is 0 Å². The zero-order chi connectivity index (χ0) is 3.54. The lowest BCUT2D eigenvalue weighted by Crippen LogP contribution is -3.00. The van der Waals surface area contributed by atoms with Crippen LogP contribution in [-0.2, 0) is 0 Å². The summed E-state index contributed by atoms with van der Waals surface area (Å²) in [6.45, 7) is 0. The molecule has 1 rings (SSSR count). The van der Waals surface area contributed by atoms with Crippen LogP contribution in [0.4, 0.5) is 0 Å². The summed E-state index contributed by atoms with van der Waals surface area (Å²) >= 11 is 0. The summed E-state index contributed by atoms with van der Waals surface area (Å²) in [5.74, 6) is 0. The van der Waals surface area contributed by atoms with Gasteiger partial charge in [0.05, 0.1) is 6.33 Å². The van der Waals surface area contributed by atoms with Gasteiger partial charge in [-0.3, -0.25) is 0 Å². The Morgan fingerprint density at radius 2 is 2.33 bits per heavy atom. The van der Waals surface area contributed by atoms with Crippen LogP contribution in [0.15, 0.2) is 18.7 Å². The van der Waals surface area contributed by atoms with Gasteiger partial charge in [-0.15, -0.1) is 0 Å². The molecule has 1 aromatic heterocycles. The van der Waals surface area contributed by atoms with Gasteiger partial charge in [0.1, 0.15) is 0 Å². The quantitative estimate of drug-likeness (QED) is 0.429. The fraction of sp³-hybridized carbons (Fsp3) is 0. The van der Waals surface area contributed by atoms with Crippen molar-refractivity contribution in [1.29, 1.82) is 0 Å². The topological polar surface area (TPSA) is 28.7 Å². The van der Waals surface area contributed by atoms with Gasteiger partial charge in [0, 0.05) is 12.4 Å². The van der Waals surface area contributed by atoms with Crippen molar-refractivity contribution < 1.29 is 17.0 Å². The summed E-state index contributed by atoms with van der Waals surface area (Å²) in [5, 5.41) is 0. The van der Waals surface area contributed by atoms with Gasteiger partial charge < -0.3 is 22.0 Å². The van der Waals surface area contributed by atoms with E-state index in [1.165, 1.54) is 0 Å². The molecule has 2 nitrogen and oxygen atoms in total. The molecule has 0 aromatic carbocycles. The van der Waals surface area contributed by atoms with Gasteiger partial charge in [-0.2, -0.15) is 0 Å². The predicted octanol–water partition coefficient (Wildman–Crippen LogP) is -2.59. The highest BCUT2D eigenvalue weighted by Crippen LogP contribution is 1.62. The average molecular weight is 148 g/mol. The van der Waals surface area contributed by atoms with Crippen molar-refractivity contribution in [3.8, 4) is 0 Å². The predicted molar refractivity (Wildman–Crippen MR) is 18.6 cm³/mol. The lowest BCUT2D eigenvalue weighted by molar-refractivity contribution is -0.00000116. The molecule has 1 N–H and O–H groups in total. The Kier molecular flexibility index (Phi) is 2.75. The lowest BCUT2D eigenvalue weighted by Gasteiger charge is -1.46. The molecule has 1 heterocycles. The van der Waals surface area contributed by atoms with Crippen molar-refractivity contribution in [3.05, 3.63) is 18.7 Å². The van der Waals surface area contributed by atoms with Gasteiger partial charge in [0.2, 0.25) is 0 Å². The second-order valence-corrected chi connectivity index (χ2v) is 0.761. The first-order valence-corrected chi connectivity index (χ1v) is 1.43. The van der Waals surface area contributed by atoms with E-state index in [1.54, 1.807) is 18.7 Å². The summed E-state index contributed by atoms with van der Waals surface area (Å²) in [5.41, 5.74) is 0. The maximum atomic E-state index is 3.67. The number of aromatic amines is 1. The number of halogens is 1. The average Bonchev–Trinajstić information content (AvgIpc) is 1.76. The van der Waals surface area contributed by atoms with E-state index < -0.39 is 0 Å². The zero-order valence-electron chi connectivity index (χ0n) is 3.06. The van der Waals surface area contributed by atoms with E-state index in [0.717, 1.165) is 0 Å². The number of H-pyrrole nitrogens is 1. The monoisotopic (exact) mass is 147 g/mol. The van der Waals surface area contributed by atoms with E-state index in [1.807, 2.05) is 0 Å². The van der Waals surface area contributed by atoms with Crippen LogP contribution in [0.3, 0.4) is 0 Å². The summed E-state index contributed by atoms with van der Waals surface area (Å²) in [6, 6.07) is 0. The van der Waals surface area contributed by atoms with E-state index in [-0.39, 0.29) is 17.0 Å². The largest absolute Gasteiger partial charge is 1.00 e. The Balaban J connectivity index is 0.000000250. The number of imidazole rings is 1. The van der Waals surface area contributed by atoms with Crippen LogP contribution in [-0.4, -0.2) is 9.97 Å². The minimum atomic E-state index is 0. The number of hydrogen-bond acceptors (Lipinski definition) is 1. The van der Waals surface area contributed by atoms with Crippen LogP contribution in [0.1, 0.15) is 0 Å². The summed E-state index contributed by atoms with van der Waals surface area (Å²) in [4.78, 5) is 6.42. The molecule has 0 unspecified atom stereocenters. The maximum absolute atomic E-state index is 3.67. The number of hydrogen-bond donors (Lipinski definition) is 1. The van der Waals surface area contributed by atoms with Crippen molar-refractivity contribution in [2.24, 2.45) is 0 Å². The van der Waals surface area contributed by atoms with E-state index in [4.69, 9.17) is 0 Å². The fourth-order valence-corrected chi connectivity index (χ4v) is 0.215. The molecule has 0 saturated carbocycles. The van der Waals surface area contributed by atoms with Gasteiger partial charge in [0.15, 0.2) is 0 Å². The highest BCUT2D eigenvalue weighted by molar-refractivity contribution is 4.64. The normalized spacial score (nSPS) is 6.67. The van der Waals surface area contributed by atoms with Crippen molar-refractivity contribution in [2.75, 3.05) is 0 Å². The van der Waals surface area contributed by atoms with Crippen LogP contribution in [0, 0.1) is 0 Å². The molecular formula is C3H4BrN2-. The van der Waals surface area contributed by atoms with Gasteiger partial charge in [-0.25, -0.2) is 4.98 Å². The first-order chi connectivity index (χ1) is 2.50. The third kappa shape index (κ3) is 1.21. The molecule has 0 bridgehead atoms. The minimum absolute atomic E-state index is 0. The molecule has 6 heavy (non-hydrogen) atoms. The molecule has 0 saturated heterocycles. The SMILES string of the molecule is [Br-].c1c[nH]cn1. The Labute approximate surface area is 46.4 Å². The van der Waals surface area contributed by atoms with Crippen molar-refractivity contribution >= 4 is 0 Å². The zero-order valence-corrected chi connectivity index (χ0v) is 4.64. The maximum Gasteiger partial charge on any atom is 0.0919 e. The molecule has 0 spiro atoms. The molecule has 0 radical (unpaired) electrons. The lowest BCUT2D eigenvalue weighted by atomic mass is 11.0. The summed E-state index contributed by atoms with van der Waals surface area (Å²) in [6.07, 6.45) is 5.08. The van der Waals surface area contributed by atoms with Crippen LogP contribution in [0.5, 0.6) is 0 Å². The van der Waals surface area contributed by atoms with Gasteiger partial charge in [-0.1, -0.05) is 0 Å². The van der Waals surface area contributed by atoms with E-state index in [9.17, 15) is 0 Å². The Hall–Kier alpha value is -0.310. The molecular weight excluding hydrogens is 144 g/mol. The standard InChI is InChI=1S/C3H4N2.BrH/c1-2-5-3-4-1;/h1-3H,(H,4,5);1H/p-1. The first-order valence-electron chi connectivity index (χ1n) is 1.43. The highest BCUT2D eigenvalue weighted by atomic mass is 79.9. The minimum Gasteiger partial charge on any atom is -1.00 e. The first kappa shape index (κ1) is 5.69. The van der Waals surface area contributed by atoms with E-state index in [2.05, 4.69) is 9.97 Å². The van der Waals surface area contributed by atoms with Crippen LogP contribution in [0.2, 0.25) is 0 Å². The van der Waals surface area contributed by atoms with Gasteiger partial charge >= 0.3 is 0 Å². The molecule has 1 aromatic rings. The smallest absolute Gasteiger partial charge is 0.0919 e. The molecule has 0 aliphatic heterocycles. The Bertz CT molecular complexity index is 65.3. The molecule has 0 aliphatic carbocycles. The molecule has 0 amide bonds. The third-order valence-electron chi connectivity index (χ3n) is 0.406. The number of aromatic nitrogens is 2. The number of rotatable bonds is 0. The second-order valence-electron chi connectivity index (χ2n) is 0.761. The third-order valence-corrected chi connectivity index (χ3v) is 0.406. The molecule has 0 fully saturated rings. The van der Waals surface area contributed by atoms with E-state index in [0.29, 0.717) is 0 Å². The molecule has 0 atom stereocenters. The van der Waals surface area contributed by atoms with E-state index >= 15 is 0 Å². The second kappa shape index (κ2) is 2.90. The van der Waals surface area contributed by atoms with Crippen molar-refractivity contribution in [2.45, 2.75) is 0 Å². The van der Waals surface area contributed by atoms with Gasteiger partial charge in [0.25, 0.3) is 0 Å². The Morgan fingerprint density at radius 3 is 2.50 bits per heavy atom. The van der Waals surface area contributed by atoms with Crippen LogP contribution < -0.4 is 17.0 Å². The number of nitrogens with zero attached hydrogens (tertiary/aromatic N) is 1. The van der Waals surface area contributed by atoms with Crippen LogP contribution in [0.25, 0.3) is 0 Å². The summed E-state index contributed by atoms with van der Waals surface area (Å²) < 4.78 is 0. The number of nitrogens with one attached hydrogen (secondary N) is 1. The fourth-order valence-electron chi connectivity index (χ4n) is 0.215. The molecule has 0 aliphatic rings. The molecule has 34 valence electrons. The van der Waals surface area contributed by atoms with Crippen molar-refractivity contribution in [1.82, 2.24) is 9.97 Å².